The van der Waals surface area contributed by atoms with Gasteiger partial charge in [0.15, 0.2) is 5.69 Å². The number of hydrogen-bond donors (Lipinski definition) is 0. The van der Waals surface area contributed by atoms with Crippen LogP contribution in [0.3, 0.4) is 0 Å². The molecule has 2 aromatic heterocycles. The van der Waals surface area contributed by atoms with Crippen LogP contribution in [0.25, 0.3) is 11.3 Å². The van der Waals surface area contributed by atoms with Gasteiger partial charge >= 0.3 is 0 Å². The van der Waals surface area contributed by atoms with Gasteiger partial charge in [-0.2, -0.15) is 10.2 Å². The van der Waals surface area contributed by atoms with Gasteiger partial charge in [0.2, 0.25) is 0 Å². The zero-order valence-electron chi connectivity index (χ0n) is 21.1. The molecule has 0 spiro atoms. The summed E-state index contributed by atoms with van der Waals surface area (Å²) in [5, 5.41) is 16.4. The van der Waals surface area contributed by atoms with Gasteiger partial charge in [-0.05, 0) is 49.4 Å². The predicted molar refractivity (Wildman–Crippen MR) is 134 cm³/mol. The Balaban J connectivity index is 1.57. The fourth-order valence-corrected chi connectivity index (χ4v) is 5.26. The number of hydrogen-bond acceptors (Lipinski definition) is 7. The number of fused-ring (bicyclic) bond motifs is 1. The van der Waals surface area contributed by atoms with E-state index in [0.29, 0.717) is 19.0 Å². The van der Waals surface area contributed by atoms with E-state index in [1.54, 1.807) is 11.0 Å². The van der Waals surface area contributed by atoms with Gasteiger partial charge in [-0.25, -0.2) is 17.2 Å². The molecule has 0 bridgehead atoms. The fraction of sp³-hybridized carbons (Fsp3) is 0.480. The van der Waals surface area contributed by atoms with E-state index < -0.39 is 21.5 Å². The maximum Gasteiger partial charge on any atom is 0.276 e. The summed E-state index contributed by atoms with van der Waals surface area (Å²) in [5.41, 5.74) is 1.70. The van der Waals surface area contributed by atoms with Crippen LogP contribution in [0.2, 0.25) is 0 Å². The van der Waals surface area contributed by atoms with E-state index in [2.05, 4.69) is 27.4 Å². The zero-order chi connectivity index (χ0) is 26.7. The van der Waals surface area contributed by atoms with Crippen LogP contribution >= 0.6 is 0 Å². The highest BCUT2D eigenvalue weighted by Gasteiger charge is 2.32. The number of carbonyl (C=O) groups excluding carboxylic acids is 1. The Morgan fingerprint density at radius 1 is 1.16 bits per heavy atom. The van der Waals surface area contributed by atoms with Crippen molar-refractivity contribution < 1.29 is 22.0 Å². The molecule has 0 fully saturated rings. The van der Waals surface area contributed by atoms with Crippen LogP contribution in [-0.2, 0) is 22.8 Å². The average Bonchev–Trinajstić information content (AvgIpc) is 3.34. The lowest BCUT2D eigenvalue weighted by Gasteiger charge is -2.33. The van der Waals surface area contributed by atoms with Gasteiger partial charge in [-0.3, -0.25) is 9.48 Å². The molecule has 1 aromatic carbocycles. The molecule has 198 valence electrons. The molecule has 37 heavy (non-hydrogen) atoms. The molecule has 3 aromatic rings. The summed E-state index contributed by atoms with van der Waals surface area (Å²) in [6.07, 6.45) is 5.02. The summed E-state index contributed by atoms with van der Waals surface area (Å²) in [6.45, 7) is 4.86. The number of amides is 1. The minimum absolute atomic E-state index is 0.101. The predicted octanol–water partition coefficient (Wildman–Crippen LogP) is 3.28. The van der Waals surface area contributed by atoms with Crippen LogP contribution in [0, 0.1) is 17.6 Å². The van der Waals surface area contributed by atoms with E-state index in [0.717, 1.165) is 36.8 Å². The van der Waals surface area contributed by atoms with Crippen molar-refractivity contribution in [3.63, 3.8) is 0 Å². The number of rotatable bonds is 9. The van der Waals surface area contributed by atoms with Crippen molar-refractivity contribution in [1.82, 2.24) is 30.1 Å². The lowest BCUT2D eigenvalue weighted by atomic mass is 9.78. The second-order valence-electron chi connectivity index (χ2n) is 9.49. The average molecular weight is 533 g/mol. The van der Waals surface area contributed by atoms with Crippen LogP contribution in [0.4, 0.5) is 8.78 Å². The molecule has 0 saturated carbocycles. The van der Waals surface area contributed by atoms with Crippen molar-refractivity contribution in [3.05, 3.63) is 59.0 Å². The largest absolute Gasteiger partial charge is 0.337 e. The molecule has 1 aliphatic carbocycles. The van der Waals surface area contributed by atoms with Gasteiger partial charge in [-0.15, -0.1) is 5.10 Å². The number of aryl methyl sites for hydroxylation is 1. The highest BCUT2D eigenvalue weighted by molar-refractivity contribution is 7.90. The topological polar surface area (TPSA) is 111 Å². The Labute approximate surface area is 214 Å². The van der Waals surface area contributed by atoms with Crippen molar-refractivity contribution in [3.8, 4) is 11.3 Å². The first-order chi connectivity index (χ1) is 17.6. The van der Waals surface area contributed by atoms with Gasteiger partial charge in [0.05, 0.1) is 35.4 Å². The van der Waals surface area contributed by atoms with Crippen LogP contribution in [0.5, 0.6) is 0 Å². The molecule has 0 saturated heterocycles. The maximum absolute atomic E-state index is 14.4. The standard InChI is InChI=1S/C25H30F2N6O3S/c1-4-16-11-17-13-21(23-19(26)7-6-8-20(23)27)28-30-24(17)18(12-16)14-32(5-2)25(34)22-15-33(31-29-22)9-10-37(3,35)36/h6-8,13,15-16,18H,4-5,9-12,14H2,1-3H3. The molecule has 2 atom stereocenters. The van der Waals surface area contributed by atoms with Crippen molar-refractivity contribution in [2.75, 3.05) is 25.1 Å². The van der Waals surface area contributed by atoms with E-state index >= 15 is 0 Å². The van der Waals surface area contributed by atoms with E-state index in [4.69, 9.17) is 0 Å². The van der Waals surface area contributed by atoms with Gasteiger partial charge < -0.3 is 4.90 Å². The molecule has 2 unspecified atom stereocenters. The Morgan fingerprint density at radius 3 is 2.54 bits per heavy atom. The molecule has 0 radical (unpaired) electrons. The van der Waals surface area contributed by atoms with Crippen molar-refractivity contribution >= 4 is 15.7 Å². The SMILES string of the molecule is CCC1Cc2cc(-c3c(F)cccc3F)nnc2C(CN(CC)C(=O)c2cn(CCS(C)(=O)=O)nn2)C1. The highest BCUT2D eigenvalue weighted by atomic mass is 32.2. The summed E-state index contributed by atoms with van der Waals surface area (Å²) >= 11 is 0. The third kappa shape index (κ3) is 6.17. The molecule has 0 aliphatic heterocycles. The Bertz CT molecular complexity index is 1370. The fourth-order valence-electron chi connectivity index (χ4n) is 4.74. The number of likely N-dealkylation sites (N-methyl/N-ethyl adjacent to an activating group) is 1. The number of benzene rings is 1. The van der Waals surface area contributed by atoms with E-state index in [-0.39, 0.29) is 41.1 Å². The number of carbonyl (C=O) groups is 1. The molecule has 9 nitrogen and oxygen atoms in total. The molecule has 1 aliphatic rings. The quantitative estimate of drug-likeness (QED) is 0.416. The van der Waals surface area contributed by atoms with Gasteiger partial charge in [0.1, 0.15) is 21.5 Å². The first kappa shape index (κ1) is 26.8. The van der Waals surface area contributed by atoms with Crippen LogP contribution in [0.1, 0.15) is 54.4 Å². The first-order valence-corrected chi connectivity index (χ1v) is 14.3. The minimum Gasteiger partial charge on any atom is -0.337 e. The molecular weight excluding hydrogens is 502 g/mol. The number of nitrogens with zero attached hydrogens (tertiary/aromatic N) is 6. The summed E-state index contributed by atoms with van der Waals surface area (Å²) in [6, 6.07) is 5.41. The Hall–Kier alpha value is -3.28. The highest BCUT2D eigenvalue weighted by Crippen LogP contribution is 2.37. The number of halogens is 2. The van der Waals surface area contributed by atoms with Crippen molar-refractivity contribution in [1.29, 1.82) is 0 Å². The van der Waals surface area contributed by atoms with Crippen LogP contribution in [-0.4, -0.2) is 69.5 Å². The summed E-state index contributed by atoms with van der Waals surface area (Å²) in [7, 11) is -3.17. The second kappa shape index (κ2) is 11.0. The zero-order valence-corrected chi connectivity index (χ0v) is 21.9. The van der Waals surface area contributed by atoms with Crippen LogP contribution < -0.4 is 0 Å². The van der Waals surface area contributed by atoms with E-state index in [1.165, 1.54) is 29.1 Å². The van der Waals surface area contributed by atoms with Crippen molar-refractivity contribution in [2.24, 2.45) is 5.92 Å². The second-order valence-corrected chi connectivity index (χ2v) is 11.7. The third-order valence-corrected chi connectivity index (χ3v) is 7.70. The first-order valence-electron chi connectivity index (χ1n) is 12.3. The van der Waals surface area contributed by atoms with E-state index in [9.17, 15) is 22.0 Å². The van der Waals surface area contributed by atoms with E-state index in [1.807, 2.05) is 6.92 Å². The van der Waals surface area contributed by atoms with Crippen LogP contribution in [0.15, 0.2) is 30.5 Å². The molecule has 2 heterocycles. The summed E-state index contributed by atoms with van der Waals surface area (Å²) < 4.78 is 52.9. The van der Waals surface area contributed by atoms with Gasteiger partial charge in [0.25, 0.3) is 5.91 Å². The van der Waals surface area contributed by atoms with Gasteiger partial charge in [0, 0.05) is 25.3 Å². The lowest BCUT2D eigenvalue weighted by molar-refractivity contribution is 0.0739. The maximum atomic E-state index is 14.4. The molecule has 4 rings (SSSR count). The molecule has 1 amide bonds. The smallest absolute Gasteiger partial charge is 0.276 e. The Morgan fingerprint density at radius 2 is 1.89 bits per heavy atom. The minimum atomic E-state index is -3.17. The molecule has 12 heteroatoms. The number of sulfone groups is 1. The lowest BCUT2D eigenvalue weighted by Crippen LogP contribution is -2.37. The van der Waals surface area contributed by atoms with Crippen molar-refractivity contribution in [2.45, 2.75) is 45.6 Å². The number of aromatic nitrogens is 5. The third-order valence-electron chi connectivity index (χ3n) is 6.77. The molecular formula is C25H30F2N6O3S. The summed E-state index contributed by atoms with van der Waals surface area (Å²) in [4.78, 5) is 14.9. The summed E-state index contributed by atoms with van der Waals surface area (Å²) in [5.74, 6) is -1.58. The Kier molecular flexibility index (Phi) is 7.96. The van der Waals surface area contributed by atoms with Gasteiger partial charge in [-0.1, -0.05) is 24.6 Å². The normalized spacial score (nSPS) is 17.4. The monoisotopic (exact) mass is 532 g/mol. The molecule has 0 N–H and O–H groups in total.